The minimum Gasteiger partial charge on any atom is -0.469 e. The van der Waals surface area contributed by atoms with Crippen molar-refractivity contribution in [2.24, 2.45) is 4.99 Å². The van der Waals surface area contributed by atoms with Crippen LogP contribution in [0, 0.1) is 0 Å². The lowest BCUT2D eigenvalue weighted by atomic mass is 10.1. The van der Waals surface area contributed by atoms with Crippen LogP contribution in [0.4, 0.5) is 0 Å². The highest BCUT2D eigenvalue weighted by molar-refractivity contribution is 14.0. The molecule has 3 heterocycles. The number of nitrogens with one attached hydrogen (secondary N) is 1. The monoisotopic (exact) mass is 531 g/mol. The van der Waals surface area contributed by atoms with Crippen molar-refractivity contribution in [3.8, 4) is 0 Å². The van der Waals surface area contributed by atoms with E-state index in [1.165, 1.54) is 38.5 Å². The minimum absolute atomic E-state index is 0. The van der Waals surface area contributed by atoms with Crippen molar-refractivity contribution in [2.45, 2.75) is 82.5 Å². The second kappa shape index (κ2) is 12.9. The fourth-order valence-electron chi connectivity index (χ4n) is 4.63. The van der Waals surface area contributed by atoms with Crippen molar-refractivity contribution < 1.29 is 13.9 Å². The maximum Gasteiger partial charge on any atom is 0.194 e. The van der Waals surface area contributed by atoms with E-state index >= 15 is 0 Å². The predicted molar refractivity (Wildman–Crippen MR) is 130 cm³/mol. The van der Waals surface area contributed by atoms with E-state index in [0.717, 1.165) is 70.3 Å². The molecule has 4 rings (SSSR count). The van der Waals surface area contributed by atoms with Crippen LogP contribution in [-0.2, 0) is 15.9 Å². The summed E-state index contributed by atoms with van der Waals surface area (Å²) in [5.41, 5.74) is 0. The predicted octanol–water partition coefficient (Wildman–Crippen LogP) is 4.38. The van der Waals surface area contributed by atoms with E-state index < -0.39 is 0 Å². The molecule has 7 heteroatoms. The molecule has 2 aliphatic heterocycles. The molecule has 30 heavy (non-hydrogen) atoms. The van der Waals surface area contributed by atoms with Crippen molar-refractivity contribution in [3.05, 3.63) is 24.2 Å². The van der Waals surface area contributed by atoms with Gasteiger partial charge in [0, 0.05) is 38.7 Å². The van der Waals surface area contributed by atoms with Gasteiger partial charge in [-0.25, -0.2) is 0 Å². The minimum atomic E-state index is 0. The average molecular weight is 531 g/mol. The van der Waals surface area contributed by atoms with Crippen molar-refractivity contribution in [1.82, 2.24) is 10.2 Å². The molecule has 170 valence electrons. The maximum absolute atomic E-state index is 6.19. The molecule has 1 atom stereocenters. The van der Waals surface area contributed by atoms with Gasteiger partial charge in [0.15, 0.2) is 5.96 Å². The summed E-state index contributed by atoms with van der Waals surface area (Å²) in [6.07, 6.45) is 14.2. The first-order valence-corrected chi connectivity index (χ1v) is 11.7. The Bertz CT molecular complexity index is 605. The Kier molecular flexibility index (Phi) is 10.3. The van der Waals surface area contributed by atoms with Crippen LogP contribution in [0.2, 0.25) is 0 Å². The zero-order chi connectivity index (χ0) is 19.7. The highest BCUT2D eigenvalue weighted by Crippen LogP contribution is 2.20. The van der Waals surface area contributed by atoms with Crippen molar-refractivity contribution in [3.63, 3.8) is 0 Å². The third-order valence-electron chi connectivity index (χ3n) is 6.42. The Morgan fingerprint density at radius 1 is 1.10 bits per heavy atom. The van der Waals surface area contributed by atoms with Gasteiger partial charge in [0.2, 0.25) is 0 Å². The lowest BCUT2D eigenvalue weighted by Crippen LogP contribution is -2.49. The summed E-state index contributed by atoms with van der Waals surface area (Å²) >= 11 is 0. The van der Waals surface area contributed by atoms with E-state index in [1.54, 1.807) is 6.26 Å². The molecule has 1 aliphatic carbocycles. The number of hydrogen-bond acceptors (Lipinski definition) is 4. The number of piperidine rings is 1. The number of guanidine groups is 1. The topological polar surface area (TPSA) is 59.2 Å². The molecule has 0 spiro atoms. The molecule has 0 aromatic carbocycles. The summed E-state index contributed by atoms with van der Waals surface area (Å²) in [4.78, 5) is 7.37. The van der Waals surface area contributed by atoms with Gasteiger partial charge >= 0.3 is 0 Å². The molecule has 1 N–H and O–H groups in total. The van der Waals surface area contributed by atoms with Gasteiger partial charge in [0.25, 0.3) is 0 Å². The van der Waals surface area contributed by atoms with Crippen LogP contribution in [0.1, 0.15) is 63.5 Å². The summed E-state index contributed by atoms with van der Waals surface area (Å²) in [6, 6.07) is 4.55. The number of furan rings is 1. The Morgan fingerprint density at radius 3 is 2.60 bits per heavy atom. The fourth-order valence-corrected chi connectivity index (χ4v) is 4.63. The van der Waals surface area contributed by atoms with E-state index in [2.05, 4.69) is 10.2 Å². The van der Waals surface area contributed by atoms with E-state index in [9.17, 15) is 0 Å². The lowest BCUT2D eigenvalue weighted by molar-refractivity contribution is -0.0721. The smallest absolute Gasteiger partial charge is 0.194 e. The van der Waals surface area contributed by atoms with Crippen molar-refractivity contribution in [1.29, 1.82) is 0 Å². The molecule has 6 nitrogen and oxygen atoms in total. The highest BCUT2D eigenvalue weighted by atomic mass is 127. The molecule has 3 fully saturated rings. The summed E-state index contributed by atoms with van der Waals surface area (Å²) < 4.78 is 17.5. The Balaban J connectivity index is 0.00000256. The van der Waals surface area contributed by atoms with Gasteiger partial charge in [0.05, 0.1) is 25.1 Å². The Hall–Kier alpha value is -0.800. The largest absolute Gasteiger partial charge is 0.469 e. The number of aliphatic imine (C=N–C) groups is 1. The second-order valence-electron chi connectivity index (χ2n) is 8.67. The Labute approximate surface area is 198 Å². The van der Waals surface area contributed by atoms with E-state index in [-0.39, 0.29) is 24.0 Å². The molecule has 1 unspecified atom stereocenters. The summed E-state index contributed by atoms with van der Waals surface area (Å²) in [5.74, 6) is 2.09. The molecule has 1 saturated carbocycles. The van der Waals surface area contributed by atoms with Crippen LogP contribution in [0.15, 0.2) is 27.8 Å². The fraction of sp³-hybridized carbons (Fsp3) is 0.783. The molecule has 0 bridgehead atoms. The number of ether oxygens (including phenoxy) is 2. The summed E-state index contributed by atoms with van der Waals surface area (Å²) in [6.45, 7) is 4.44. The lowest BCUT2D eigenvalue weighted by Gasteiger charge is -2.36. The van der Waals surface area contributed by atoms with E-state index in [1.807, 2.05) is 12.1 Å². The number of nitrogens with zero attached hydrogens (tertiary/aromatic N) is 2. The molecule has 0 amide bonds. The molecular formula is C23H38IN3O3. The highest BCUT2D eigenvalue weighted by Gasteiger charge is 2.25. The van der Waals surface area contributed by atoms with Crippen LogP contribution in [0.3, 0.4) is 0 Å². The van der Waals surface area contributed by atoms with Gasteiger partial charge in [0.1, 0.15) is 5.76 Å². The Morgan fingerprint density at radius 2 is 1.90 bits per heavy atom. The van der Waals surface area contributed by atoms with E-state index in [0.29, 0.717) is 18.2 Å². The molecule has 3 aliphatic rings. The zero-order valence-corrected chi connectivity index (χ0v) is 20.4. The third kappa shape index (κ3) is 7.41. The molecule has 1 aromatic rings. The SMILES string of the molecule is I.c1coc(CCN=C(NC2CCCC2)N2CCC(OCC3CCCCO3)CC2)c1. The van der Waals surface area contributed by atoms with Crippen LogP contribution in [0.25, 0.3) is 0 Å². The molecular weight excluding hydrogens is 493 g/mol. The third-order valence-corrected chi connectivity index (χ3v) is 6.42. The quantitative estimate of drug-likeness (QED) is 0.322. The summed E-state index contributed by atoms with van der Waals surface area (Å²) in [7, 11) is 0. The van der Waals surface area contributed by atoms with Crippen LogP contribution in [0.5, 0.6) is 0 Å². The second-order valence-corrected chi connectivity index (χ2v) is 8.67. The van der Waals surface area contributed by atoms with Gasteiger partial charge in [-0.15, -0.1) is 24.0 Å². The van der Waals surface area contributed by atoms with Crippen LogP contribution >= 0.6 is 24.0 Å². The number of halogens is 1. The summed E-state index contributed by atoms with van der Waals surface area (Å²) in [5, 5.41) is 3.75. The van der Waals surface area contributed by atoms with Gasteiger partial charge in [-0.3, -0.25) is 4.99 Å². The average Bonchev–Trinajstić information content (AvgIpc) is 3.47. The van der Waals surface area contributed by atoms with Crippen LogP contribution in [-0.4, -0.2) is 62.0 Å². The van der Waals surface area contributed by atoms with Gasteiger partial charge in [-0.1, -0.05) is 12.8 Å². The maximum atomic E-state index is 6.19. The van der Waals surface area contributed by atoms with E-state index in [4.69, 9.17) is 18.9 Å². The van der Waals surface area contributed by atoms with Crippen LogP contribution < -0.4 is 5.32 Å². The van der Waals surface area contributed by atoms with Crippen molar-refractivity contribution in [2.75, 3.05) is 32.8 Å². The molecule has 0 radical (unpaired) electrons. The van der Waals surface area contributed by atoms with Gasteiger partial charge < -0.3 is 24.1 Å². The number of likely N-dealkylation sites (tertiary alicyclic amines) is 1. The molecule has 2 saturated heterocycles. The van der Waals surface area contributed by atoms with Crippen molar-refractivity contribution >= 4 is 29.9 Å². The molecule has 1 aromatic heterocycles. The van der Waals surface area contributed by atoms with Gasteiger partial charge in [-0.05, 0) is 57.1 Å². The normalized spacial score (nSPS) is 24.1. The number of hydrogen-bond donors (Lipinski definition) is 1. The first-order valence-electron chi connectivity index (χ1n) is 11.7. The van der Waals surface area contributed by atoms with Gasteiger partial charge in [-0.2, -0.15) is 0 Å². The zero-order valence-electron chi connectivity index (χ0n) is 18.1. The number of rotatable bonds is 7. The first-order chi connectivity index (χ1) is 14.4. The first kappa shape index (κ1) is 23.9. The standard InChI is InChI=1S/C23H37N3O3.HI/c1-2-7-19(6-1)25-23(24-13-10-20-9-5-17-27-20)26-14-11-21(12-15-26)29-18-22-8-3-4-16-28-22;/h5,9,17,19,21-22H,1-4,6-8,10-16,18H2,(H,24,25);1H.